The van der Waals surface area contributed by atoms with Gasteiger partial charge in [0.2, 0.25) is 0 Å². The largest absolute Gasteiger partial charge is 0.465 e. The van der Waals surface area contributed by atoms with Crippen LogP contribution in [0, 0.1) is 11.6 Å². The van der Waals surface area contributed by atoms with Crippen molar-refractivity contribution in [2.75, 3.05) is 7.11 Å². The van der Waals surface area contributed by atoms with Gasteiger partial charge in [0.05, 0.1) is 19.2 Å². The van der Waals surface area contributed by atoms with Gasteiger partial charge in [-0.2, -0.15) is 0 Å². The minimum Gasteiger partial charge on any atom is -0.465 e. The lowest BCUT2D eigenvalue weighted by Crippen LogP contribution is -2.02. The molecule has 0 spiro atoms. The van der Waals surface area contributed by atoms with Gasteiger partial charge in [0.25, 0.3) is 0 Å². The maximum Gasteiger partial charge on any atom is 0.337 e. The summed E-state index contributed by atoms with van der Waals surface area (Å²) in [5.74, 6) is -1.58. The molecule has 0 unspecified atom stereocenters. The van der Waals surface area contributed by atoms with Crippen LogP contribution in [0.5, 0.6) is 0 Å². The van der Waals surface area contributed by atoms with E-state index < -0.39 is 17.6 Å². The molecule has 0 radical (unpaired) electrons. The molecule has 3 nitrogen and oxygen atoms in total. The van der Waals surface area contributed by atoms with Gasteiger partial charge < -0.3 is 9.30 Å². The van der Waals surface area contributed by atoms with E-state index in [1.165, 1.54) is 19.2 Å². The Morgan fingerprint density at radius 1 is 1.14 bits per heavy atom. The summed E-state index contributed by atoms with van der Waals surface area (Å²) in [5, 5.41) is 0.852. The summed E-state index contributed by atoms with van der Waals surface area (Å²) in [7, 11) is 1.33. The molecule has 2 aromatic carbocycles. The first-order valence-electron chi connectivity index (χ1n) is 6.69. The Bertz CT molecular complexity index is 855. The van der Waals surface area contributed by atoms with Gasteiger partial charge in [0, 0.05) is 28.7 Å². The number of aromatic nitrogens is 1. The molecule has 0 atom stereocenters. The number of rotatable bonds is 3. The Morgan fingerprint density at radius 2 is 1.95 bits per heavy atom. The van der Waals surface area contributed by atoms with E-state index in [0.29, 0.717) is 11.1 Å². The summed E-state index contributed by atoms with van der Waals surface area (Å²) in [4.78, 5) is 11.5. The van der Waals surface area contributed by atoms with Crippen LogP contribution < -0.4 is 0 Å². The number of halogens is 2. The third-order valence-corrected chi connectivity index (χ3v) is 3.55. The van der Waals surface area contributed by atoms with Crippen LogP contribution in [-0.4, -0.2) is 17.6 Å². The number of carbonyl (C=O) groups is 1. The topological polar surface area (TPSA) is 31.2 Å². The Kier molecular flexibility index (Phi) is 3.63. The molecule has 3 aromatic rings. The first-order chi connectivity index (χ1) is 10.6. The minimum absolute atomic E-state index is 0.285. The SMILES string of the molecule is COC(=O)c1ccc2c(ccn2Cc2ccc(F)cc2F)c1. The molecular formula is C17H13F2NO2. The summed E-state index contributed by atoms with van der Waals surface area (Å²) in [6, 6.07) is 10.5. The highest BCUT2D eigenvalue weighted by atomic mass is 19.1. The summed E-state index contributed by atoms with van der Waals surface area (Å²) in [5.41, 5.74) is 1.72. The average Bonchev–Trinajstić information content (AvgIpc) is 2.91. The lowest BCUT2D eigenvalue weighted by Gasteiger charge is -2.07. The van der Waals surface area contributed by atoms with Gasteiger partial charge in [-0.05, 0) is 30.3 Å². The predicted octanol–water partition coefficient (Wildman–Crippen LogP) is 3.75. The summed E-state index contributed by atoms with van der Waals surface area (Å²) in [6.45, 7) is 0.285. The zero-order chi connectivity index (χ0) is 15.7. The molecule has 5 heteroatoms. The Labute approximate surface area is 125 Å². The fourth-order valence-electron chi connectivity index (χ4n) is 2.42. The number of benzene rings is 2. The first kappa shape index (κ1) is 14.3. The van der Waals surface area contributed by atoms with Crippen molar-refractivity contribution in [3.05, 3.63) is 71.4 Å². The summed E-state index contributed by atoms with van der Waals surface area (Å²) < 4.78 is 33.2. The van der Waals surface area contributed by atoms with Crippen molar-refractivity contribution in [2.24, 2.45) is 0 Å². The smallest absolute Gasteiger partial charge is 0.337 e. The fourth-order valence-corrected chi connectivity index (χ4v) is 2.42. The van der Waals surface area contributed by atoms with Gasteiger partial charge in [-0.1, -0.05) is 6.07 Å². The van der Waals surface area contributed by atoms with Crippen molar-refractivity contribution in [3.63, 3.8) is 0 Å². The molecule has 0 amide bonds. The van der Waals surface area contributed by atoms with Gasteiger partial charge in [0.1, 0.15) is 11.6 Å². The van der Waals surface area contributed by atoms with Crippen molar-refractivity contribution >= 4 is 16.9 Å². The molecule has 0 saturated heterocycles. The molecule has 1 aromatic heterocycles. The monoisotopic (exact) mass is 301 g/mol. The van der Waals surface area contributed by atoms with E-state index in [4.69, 9.17) is 0 Å². The van der Waals surface area contributed by atoms with Crippen molar-refractivity contribution < 1.29 is 18.3 Å². The summed E-state index contributed by atoms with van der Waals surface area (Å²) in [6.07, 6.45) is 1.80. The van der Waals surface area contributed by atoms with Crippen LogP contribution in [0.2, 0.25) is 0 Å². The molecule has 112 valence electrons. The van der Waals surface area contributed by atoms with E-state index in [1.807, 2.05) is 10.6 Å². The molecule has 0 N–H and O–H groups in total. The highest BCUT2D eigenvalue weighted by Crippen LogP contribution is 2.20. The third kappa shape index (κ3) is 2.57. The zero-order valence-electron chi connectivity index (χ0n) is 11.8. The Hall–Kier alpha value is -2.69. The van der Waals surface area contributed by atoms with Gasteiger partial charge in [-0.15, -0.1) is 0 Å². The Morgan fingerprint density at radius 3 is 2.68 bits per heavy atom. The molecular weight excluding hydrogens is 288 g/mol. The van der Waals surface area contributed by atoms with Gasteiger partial charge in [-0.25, -0.2) is 13.6 Å². The molecule has 0 aliphatic rings. The maximum absolute atomic E-state index is 13.7. The number of carbonyl (C=O) groups excluding carboxylic acids is 1. The van der Waals surface area contributed by atoms with Crippen LogP contribution >= 0.6 is 0 Å². The van der Waals surface area contributed by atoms with Crippen LogP contribution in [0.4, 0.5) is 8.78 Å². The first-order valence-corrected chi connectivity index (χ1v) is 6.69. The standard InChI is InChI=1S/C17H13F2NO2/c1-22-17(21)12-3-5-16-11(8-12)6-7-20(16)10-13-2-4-14(18)9-15(13)19/h2-9H,10H2,1H3. The maximum atomic E-state index is 13.7. The van der Waals surface area contributed by atoms with Gasteiger partial charge >= 0.3 is 5.97 Å². The number of fused-ring (bicyclic) bond motifs is 1. The zero-order valence-corrected chi connectivity index (χ0v) is 11.8. The second kappa shape index (κ2) is 5.60. The Balaban J connectivity index is 1.96. The van der Waals surface area contributed by atoms with E-state index in [-0.39, 0.29) is 6.54 Å². The molecule has 0 saturated carbocycles. The van der Waals surface area contributed by atoms with E-state index in [0.717, 1.165) is 17.0 Å². The van der Waals surface area contributed by atoms with Crippen molar-refractivity contribution in [3.8, 4) is 0 Å². The molecule has 0 aliphatic heterocycles. The molecule has 22 heavy (non-hydrogen) atoms. The van der Waals surface area contributed by atoms with Crippen molar-refractivity contribution in [1.82, 2.24) is 4.57 Å². The predicted molar refractivity (Wildman–Crippen MR) is 78.7 cm³/mol. The summed E-state index contributed by atoms with van der Waals surface area (Å²) >= 11 is 0. The highest BCUT2D eigenvalue weighted by Gasteiger charge is 2.10. The lowest BCUT2D eigenvalue weighted by molar-refractivity contribution is 0.0601. The number of nitrogens with zero attached hydrogens (tertiary/aromatic N) is 1. The number of hydrogen-bond acceptors (Lipinski definition) is 2. The average molecular weight is 301 g/mol. The molecule has 0 bridgehead atoms. The molecule has 1 heterocycles. The van der Waals surface area contributed by atoms with Crippen LogP contribution in [0.3, 0.4) is 0 Å². The van der Waals surface area contributed by atoms with E-state index in [9.17, 15) is 13.6 Å². The van der Waals surface area contributed by atoms with E-state index in [2.05, 4.69) is 4.74 Å². The van der Waals surface area contributed by atoms with Crippen LogP contribution in [0.15, 0.2) is 48.7 Å². The highest BCUT2D eigenvalue weighted by molar-refractivity contribution is 5.94. The normalized spacial score (nSPS) is 10.9. The van der Waals surface area contributed by atoms with Crippen molar-refractivity contribution in [2.45, 2.75) is 6.54 Å². The van der Waals surface area contributed by atoms with Crippen LogP contribution in [0.25, 0.3) is 10.9 Å². The fraction of sp³-hybridized carbons (Fsp3) is 0.118. The second-order valence-corrected chi connectivity index (χ2v) is 4.94. The number of ether oxygens (including phenoxy) is 1. The van der Waals surface area contributed by atoms with Crippen LogP contribution in [-0.2, 0) is 11.3 Å². The molecule has 3 rings (SSSR count). The lowest BCUT2D eigenvalue weighted by atomic mass is 10.1. The second-order valence-electron chi connectivity index (χ2n) is 4.94. The van der Waals surface area contributed by atoms with Crippen molar-refractivity contribution in [1.29, 1.82) is 0 Å². The third-order valence-electron chi connectivity index (χ3n) is 3.55. The van der Waals surface area contributed by atoms with E-state index >= 15 is 0 Å². The van der Waals surface area contributed by atoms with Gasteiger partial charge in [-0.3, -0.25) is 0 Å². The number of hydrogen-bond donors (Lipinski definition) is 0. The van der Waals surface area contributed by atoms with Crippen LogP contribution in [0.1, 0.15) is 15.9 Å². The number of esters is 1. The van der Waals surface area contributed by atoms with Gasteiger partial charge in [0.15, 0.2) is 0 Å². The molecule has 0 fully saturated rings. The quantitative estimate of drug-likeness (QED) is 0.690. The number of methoxy groups -OCH3 is 1. The minimum atomic E-state index is -0.596. The molecule has 0 aliphatic carbocycles. The van der Waals surface area contributed by atoms with E-state index in [1.54, 1.807) is 24.4 Å².